The molecule has 1 aromatic rings. The van der Waals surface area contributed by atoms with Crippen molar-refractivity contribution < 1.29 is 23.7 Å². The third kappa shape index (κ3) is 7.80. The van der Waals surface area contributed by atoms with Crippen molar-refractivity contribution in [2.45, 2.75) is 78.2 Å². The molecular formula is C23H38O5. The van der Waals surface area contributed by atoms with Crippen LogP contribution < -0.4 is 0 Å². The Morgan fingerprint density at radius 1 is 1.07 bits per heavy atom. The average molecular weight is 395 g/mol. The van der Waals surface area contributed by atoms with Crippen LogP contribution in [0.5, 0.6) is 0 Å². The second kappa shape index (κ2) is 13.3. The van der Waals surface area contributed by atoms with E-state index in [4.69, 9.17) is 23.7 Å². The van der Waals surface area contributed by atoms with Gasteiger partial charge < -0.3 is 23.7 Å². The maximum Gasteiger partial charge on any atom is 0.184 e. The van der Waals surface area contributed by atoms with E-state index in [0.717, 1.165) is 37.9 Å². The molecule has 0 amide bonds. The number of unbranched alkanes of at least 4 members (excludes halogenated alkanes) is 2. The van der Waals surface area contributed by atoms with Crippen LogP contribution in [0, 0.1) is 5.92 Å². The predicted molar refractivity (Wildman–Crippen MR) is 110 cm³/mol. The molecule has 2 rings (SSSR count). The van der Waals surface area contributed by atoms with Crippen LogP contribution in [0.4, 0.5) is 0 Å². The van der Waals surface area contributed by atoms with Gasteiger partial charge in [-0.25, -0.2) is 0 Å². The fourth-order valence-electron chi connectivity index (χ4n) is 3.02. The molecule has 0 N–H and O–H groups in total. The van der Waals surface area contributed by atoms with Gasteiger partial charge in [-0.2, -0.15) is 0 Å². The van der Waals surface area contributed by atoms with Crippen LogP contribution in [0.1, 0.15) is 65.2 Å². The van der Waals surface area contributed by atoms with Gasteiger partial charge in [-0.15, -0.1) is 0 Å². The van der Waals surface area contributed by atoms with E-state index in [2.05, 4.69) is 20.8 Å². The molecule has 0 bridgehead atoms. The second-order valence-electron chi connectivity index (χ2n) is 7.59. The van der Waals surface area contributed by atoms with Crippen molar-refractivity contribution in [2.75, 3.05) is 26.4 Å². The molecule has 0 saturated carbocycles. The minimum Gasteiger partial charge on any atom is -0.381 e. The van der Waals surface area contributed by atoms with Crippen LogP contribution in [-0.4, -0.2) is 44.9 Å². The van der Waals surface area contributed by atoms with E-state index in [1.807, 2.05) is 37.3 Å². The smallest absolute Gasteiger partial charge is 0.184 e. The third-order valence-electron chi connectivity index (χ3n) is 4.92. The average Bonchev–Trinajstić information content (AvgIpc) is 2.72. The van der Waals surface area contributed by atoms with E-state index in [1.165, 1.54) is 0 Å². The zero-order valence-electron chi connectivity index (χ0n) is 18.0. The highest BCUT2D eigenvalue weighted by molar-refractivity contribution is 5.16. The summed E-state index contributed by atoms with van der Waals surface area (Å²) < 4.78 is 30.1. The van der Waals surface area contributed by atoms with Gasteiger partial charge in [-0.05, 0) is 19.8 Å². The molecule has 0 aromatic heterocycles. The van der Waals surface area contributed by atoms with Gasteiger partial charge in [-0.1, -0.05) is 63.9 Å². The highest BCUT2D eigenvalue weighted by Crippen LogP contribution is 2.29. The molecule has 1 saturated heterocycles. The van der Waals surface area contributed by atoms with E-state index in [0.29, 0.717) is 19.8 Å². The van der Waals surface area contributed by atoms with E-state index >= 15 is 0 Å². The van der Waals surface area contributed by atoms with Crippen molar-refractivity contribution in [3.63, 3.8) is 0 Å². The first-order valence-electron chi connectivity index (χ1n) is 10.8. The second-order valence-corrected chi connectivity index (χ2v) is 7.59. The topological polar surface area (TPSA) is 46.2 Å². The molecule has 1 heterocycles. The van der Waals surface area contributed by atoms with Gasteiger partial charge in [0.15, 0.2) is 12.6 Å². The molecule has 5 atom stereocenters. The van der Waals surface area contributed by atoms with Crippen LogP contribution in [0.3, 0.4) is 0 Å². The van der Waals surface area contributed by atoms with Gasteiger partial charge in [-0.3, -0.25) is 0 Å². The minimum absolute atomic E-state index is 0.0792. The molecule has 1 aromatic carbocycles. The maximum atomic E-state index is 6.30. The van der Waals surface area contributed by atoms with Crippen molar-refractivity contribution >= 4 is 0 Å². The van der Waals surface area contributed by atoms with Crippen molar-refractivity contribution in [1.82, 2.24) is 0 Å². The summed E-state index contributed by atoms with van der Waals surface area (Å²) in [6.07, 6.45) is 3.43. The van der Waals surface area contributed by atoms with Crippen molar-refractivity contribution in [3.8, 4) is 0 Å². The summed E-state index contributed by atoms with van der Waals surface area (Å²) >= 11 is 0. The van der Waals surface area contributed by atoms with Crippen molar-refractivity contribution in [3.05, 3.63) is 35.9 Å². The molecule has 0 radical (unpaired) electrons. The number of rotatable bonds is 13. The lowest BCUT2D eigenvalue weighted by Gasteiger charge is -2.37. The molecule has 160 valence electrons. The van der Waals surface area contributed by atoms with Gasteiger partial charge in [0.2, 0.25) is 0 Å². The Bertz CT molecular complexity index is 509. The number of hydrogen-bond donors (Lipinski definition) is 0. The Kier molecular flexibility index (Phi) is 11.1. The Morgan fingerprint density at radius 3 is 2.46 bits per heavy atom. The maximum absolute atomic E-state index is 6.30. The molecule has 1 aliphatic rings. The third-order valence-corrected chi connectivity index (χ3v) is 4.92. The number of hydrogen-bond acceptors (Lipinski definition) is 5. The normalized spacial score (nSPS) is 24.8. The lowest BCUT2D eigenvalue weighted by Crippen LogP contribution is -2.44. The minimum atomic E-state index is -0.342. The molecule has 1 aliphatic heterocycles. The summed E-state index contributed by atoms with van der Waals surface area (Å²) in [5, 5.41) is 0. The lowest BCUT2D eigenvalue weighted by molar-refractivity contribution is -0.299. The molecule has 5 heteroatoms. The fraction of sp³-hybridized carbons (Fsp3) is 0.739. The summed E-state index contributed by atoms with van der Waals surface area (Å²) in [6, 6.07) is 10.0. The summed E-state index contributed by atoms with van der Waals surface area (Å²) in [5.74, 6) is 0.146. The van der Waals surface area contributed by atoms with E-state index in [1.54, 1.807) is 0 Å². The van der Waals surface area contributed by atoms with Gasteiger partial charge in [0.25, 0.3) is 0 Å². The first-order valence-corrected chi connectivity index (χ1v) is 10.8. The summed E-state index contributed by atoms with van der Waals surface area (Å²) in [7, 11) is 0. The Balaban J connectivity index is 1.87. The zero-order chi connectivity index (χ0) is 20.2. The fourth-order valence-corrected chi connectivity index (χ4v) is 3.02. The van der Waals surface area contributed by atoms with E-state index < -0.39 is 0 Å². The summed E-state index contributed by atoms with van der Waals surface area (Å²) in [5.41, 5.74) is 1.03. The van der Waals surface area contributed by atoms with Crippen LogP contribution in [0.2, 0.25) is 0 Å². The van der Waals surface area contributed by atoms with Crippen molar-refractivity contribution in [1.29, 1.82) is 0 Å². The highest BCUT2D eigenvalue weighted by atomic mass is 16.7. The first-order chi connectivity index (χ1) is 13.7. The number of ether oxygens (including phenoxy) is 5. The predicted octanol–water partition coefficient (Wildman–Crippen LogP) is 5.10. The summed E-state index contributed by atoms with van der Waals surface area (Å²) in [4.78, 5) is 0. The van der Waals surface area contributed by atoms with Gasteiger partial charge in [0.1, 0.15) is 6.10 Å². The highest BCUT2D eigenvalue weighted by Gasteiger charge is 2.34. The molecule has 0 spiro atoms. The number of benzene rings is 1. The molecular weight excluding hydrogens is 356 g/mol. The van der Waals surface area contributed by atoms with Gasteiger partial charge >= 0.3 is 0 Å². The molecule has 2 unspecified atom stereocenters. The Hall–Kier alpha value is -0.980. The molecule has 1 fully saturated rings. The molecule has 0 aliphatic carbocycles. The monoisotopic (exact) mass is 394 g/mol. The zero-order valence-corrected chi connectivity index (χ0v) is 18.0. The lowest BCUT2D eigenvalue weighted by atomic mass is 10.1. The molecule has 28 heavy (non-hydrogen) atoms. The van der Waals surface area contributed by atoms with Crippen molar-refractivity contribution in [2.24, 2.45) is 5.92 Å². The standard InChI is InChI=1S/C23H38O5/c1-5-7-14-24-16-18(3)22(25-15-8-6-2)28-21-17-26-23(27-19(21)4)20-12-10-9-11-13-20/h9-13,18-19,21-23H,5-8,14-17H2,1-4H3/t18-,19-,21?,22+,23?/m0/s1. The van der Waals surface area contributed by atoms with Crippen LogP contribution in [-0.2, 0) is 23.7 Å². The van der Waals surface area contributed by atoms with Crippen LogP contribution >= 0.6 is 0 Å². The molecule has 5 nitrogen and oxygen atoms in total. The Labute approximate surface area is 170 Å². The Morgan fingerprint density at radius 2 is 1.79 bits per heavy atom. The van der Waals surface area contributed by atoms with Gasteiger partial charge in [0, 0.05) is 24.7 Å². The van der Waals surface area contributed by atoms with Crippen LogP contribution in [0.25, 0.3) is 0 Å². The first kappa shape index (κ1) is 23.3. The summed E-state index contributed by atoms with van der Waals surface area (Å²) in [6.45, 7) is 11.1. The van der Waals surface area contributed by atoms with E-state index in [-0.39, 0.29) is 30.7 Å². The van der Waals surface area contributed by atoms with Gasteiger partial charge in [0.05, 0.1) is 19.3 Å². The van der Waals surface area contributed by atoms with Crippen LogP contribution in [0.15, 0.2) is 30.3 Å². The largest absolute Gasteiger partial charge is 0.381 e. The SMILES string of the molecule is CCCCOC[C@H](C)[C@H](OCCCC)OC1COC(c2ccccc2)O[C@H]1C. The van der Waals surface area contributed by atoms with E-state index in [9.17, 15) is 0 Å². The quantitative estimate of drug-likeness (QED) is 0.344.